The summed E-state index contributed by atoms with van der Waals surface area (Å²) in [5.74, 6) is -0.833. The van der Waals surface area contributed by atoms with Crippen molar-refractivity contribution in [2.24, 2.45) is 0 Å². The van der Waals surface area contributed by atoms with Crippen molar-refractivity contribution in [3.63, 3.8) is 0 Å². The molecule has 1 saturated heterocycles. The van der Waals surface area contributed by atoms with Crippen LogP contribution < -0.4 is 0 Å². The molecule has 0 aliphatic carbocycles. The van der Waals surface area contributed by atoms with Gasteiger partial charge >= 0.3 is 5.97 Å². The fraction of sp³-hybridized carbons (Fsp3) is 0.316. The minimum atomic E-state index is -0.554. The van der Waals surface area contributed by atoms with Crippen molar-refractivity contribution < 1.29 is 24.2 Å². The van der Waals surface area contributed by atoms with Crippen LogP contribution in [0.3, 0.4) is 0 Å². The normalized spacial score (nSPS) is 19.8. The molecule has 1 aromatic carbocycles. The second-order valence-corrected chi connectivity index (χ2v) is 5.90. The first kappa shape index (κ1) is 18.0. The number of nitrogens with zero attached hydrogens (tertiary/aromatic N) is 2. The van der Waals surface area contributed by atoms with E-state index >= 15 is 0 Å². The molecule has 7 heteroatoms. The zero-order valence-corrected chi connectivity index (χ0v) is 14.4. The van der Waals surface area contributed by atoms with Crippen molar-refractivity contribution in [3.05, 3.63) is 65.5 Å². The first-order valence-corrected chi connectivity index (χ1v) is 8.27. The number of benzene rings is 1. The molecule has 1 N–H and O–H groups in total. The molecular weight excluding hydrogens is 336 g/mol. The lowest BCUT2D eigenvalue weighted by Crippen LogP contribution is -2.49. The molecular formula is C19H20N2O5. The van der Waals surface area contributed by atoms with Gasteiger partial charge in [0.05, 0.1) is 37.5 Å². The molecule has 0 saturated carbocycles. The molecule has 0 unspecified atom stereocenters. The molecule has 0 radical (unpaired) electrons. The van der Waals surface area contributed by atoms with E-state index < -0.39 is 18.1 Å². The molecule has 7 nitrogen and oxygen atoms in total. The summed E-state index contributed by atoms with van der Waals surface area (Å²) in [5.41, 5.74) is 1.37. The molecule has 1 aliphatic heterocycles. The molecule has 136 valence electrons. The summed E-state index contributed by atoms with van der Waals surface area (Å²) < 4.78 is 10.3. The largest absolute Gasteiger partial charge is 0.465 e. The van der Waals surface area contributed by atoms with Crippen molar-refractivity contribution in [1.82, 2.24) is 9.88 Å². The molecule has 2 atom stereocenters. The van der Waals surface area contributed by atoms with E-state index in [4.69, 9.17) is 4.74 Å². The molecule has 26 heavy (non-hydrogen) atoms. The predicted molar refractivity (Wildman–Crippen MR) is 92.6 cm³/mol. The van der Waals surface area contributed by atoms with Crippen LogP contribution in [0.25, 0.3) is 0 Å². The molecule has 1 aliphatic rings. The van der Waals surface area contributed by atoms with Crippen LogP contribution in [-0.4, -0.2) is 59.8 Å². The van der Waals surface area contributed by atoms with Crippen LogP contribution in [0, 0.1) is 0 Å². The minimum Gasteiger partial charge on any atom is -0.465 e. The smallest absolute Gasteiger partial charge is 0.339 e. The highest BCUT2D eigenvalue weighted by atomic mass is 16.5. The zero-order valence-electron chi connectivity index (χ0n) is 14.4. The molecule has 2 heterocycles. The average molecular weight is 356 g/mol. The molecule has 2 aromatic rings. The van der Waals surface area contributed by atoms with Crippen LogP contribution in [0.4, 0.5) is 0 Å². The van der Waals surface area contributed by atoms with E-state index in [1.54, 1.807) is 4.90 Å². The lowest BCUT2D eigenvalue weighted by molar-refractivity contribution is -0.0811. The Morgan fingerprint density at radius 1 is 1.27 bits per heavy atom. The number of amides is 1. The van der Waals surface area contributed by atoms with Gasteiger partial charge in [-0.25, -0.2) is 4.79 Å². The number of carbonyl (C=O) groups is 2. The number of carbonyl (C=O) groups excluding carboxylic acids is 2. The lowest BCUT2D eigenvalue weighted by Gasteiger charge is -2.41. The second-order valence-electron chi connectivity index (χ2n) is 5.90. The number of aromatic nitrogens is 1. The van der Waals surface area contributed by atoms with Crippen LogP contribution in [0.5, 0.6) is 0 Å². The van der Waals surface area contributed by atoms with Crippen LogP contribution in [0.1, 0.15) is 32.3 Å². The van der Waals surface area contributed by atoms with Gasteiger partial charge < -0.3 is 19.5 Å². The summed E-state index contributed by atoms with van der Waals surface area (Å²) in [5, 5.41) is 9.71. The second kappa shape index (κ2) is 8.07. The van der Waals surface area contributed by atoms with Crippen molar-refractivity contribution in [1.29, 1.82) is 0 Å². The number of aliphatic hydroxyl groups is 1. The summed E-state index contributed by atoms with van der Waals surface area (Å²) in [6, 6.07) is 10.5. The van der Waals surface area contributed by atoms with Crippen LogP contribution in [0.15, 0.2) is 48.8 Å². The van der Waals surface area contributed by atoms with E-state index in [1.165, 1.54) is 25.6 Å². The Labute approximate surface area is 151 Å². The van der Waals surface area contributed by atoms with Gasteiger partial charge in [-0.05, 0) is 11.6 Å². The van der Waals surface area contributed by atoms with E-state index in [2.05, 4.69) is 9.72 Å². The van der Waals surface area contributed by atoms with Gasteiger partial charge in [-0.15, -0.1) is 0 Å². The molecule has 1 fully saturated rings. The number of pyridine rings is 1. The maximum Gasteiger partial charge on any atom is 0.339 e. The number of esters is 1. The summed E-state index contributed by atoms with van der Waals surface area (Å²) in [6.45, 7) is 0.492. The van der Waals surface area contributed by atoms with E-state index in [1.807, 2.05) is 30.3 Å². The van der Waals surface area contributed by atoms with Crippen LogP contribution >= 0.6 is 0 Å². The fourth-order valence-corrected chi connectivity index (χ4v) is 3.11. The maximum atomic E-state index is 13.1. The third kappa shape index (κ3) is 3.58. The molecule has 0 bridgehead atoms. The minimum absolute atomic E-state index is 0.205. The topological polar surface area (TPSA) is 89.0 Å². The Balaban J connectivity index is 1.94. The van der Waals surface area contributed by atoms with E-state index in [9.17, 15) is 14.7 Å². The first-order valence-electron chi connectivity index (χ1n) is 8.27. The van der Waals surface area contributed by atoms with Gasteiger partial charge in [-0.2, -0.15) is 0 Å². The molecule has 0 spiro atoms. The van der Waals surface area contributed by atoms with Gasteiger partial charge in [0.25, 0.3) is 5.91 Å². The summed E-state index contributed by atoms with van der Waals surface area (Å²) in [6.07, 6.45) is 2.25. The standard InChI is InChI=1S/C19H20N2O5/c1-25-19(24)15-9-14(10-20-11-15)18(23)21-7-8-26-16(12-22)17(21)13-5-3-2-4-6-13/h2-6,9-11,16-17,22H,7-8,12H2,1H3/t16-,17-/m0/s1. The SMILES string of the molecule is COC(=O)c1cncc(C(=O)N2CCO[C@@H](CO)[C@@H]2c2ccccc2)c1. The molecule has 1 amide bonds. The fourth-order valence-electron chi connectivity index (χ4n) is 3.11. The number of morpholine rings is 1. The van der Waals surface area contributed by atoms with Crippen LogP contribution in [-0.2, 0) is 9.47 Å². The highest BCUT2D eigenvalue weighted by Crippen LogP contribution is 2.30. The monoisotopic (exact) mass is 356 g/mol. The number of methoxy groups -OCH3 is 1. The van der Waals surface area contributed by atoms with Gasteiger partial charge in [0.15, 0.2) is 0 Å². The Morgan fingerprint density at radius 3 is 2.69 bits per heavy atom. The number of aliphatic hydroxyl groups excluding tert-OH is 1. The van der Waals surface area contributed by atoms with Gasteiger partial charge in [-0.3, -0.25) is 9.78 Å². The van der Waals surface area contributed by atoms with Gasteiger partial charge in [0, 0.05) is 18.9 Å². The maximum absolute atomic E-state index is 13.1. The average Bonchev–Trinajstić information content (AvgIpc) is 2.72. The van der Waals surface area contributed by atoms with Crippen molar-refractivity contribution in [2.45, 2.75) is 12.1 Å². The highest BCUT2D eigenvalue weighted by Gasteiger charge is 2.36. The van der Waals surface area contributed by atoms with E-state index in [0.717, 1.165) is 5.56 Å². The lowest BCUT2D eigenvalue weighted by atomic mass is 9.97. The van der Waals surface area contributed by atoms with E-state index in [0.29, 0.717) is 13.2 Å². The Kier molecular flexibility index (Phi) is 5.60. The van der Waals surface area contributed by atoms with Crippen molar-refractivity contribution in [3.8, 4) is 0 Å². The Bertz CT molecular complexity index is 781. The van der Waals surface area contributed by atoms with Crippen molar-refractivity contribution in [2.75, 3.05) is 26.9 Å². The first-order chi connectivity index (χ1) is 12.7. The molecule has 1 aromatic heterocycles. The highest BCUT2D eigenvalue weighted by molar-refractivity contribution is 5.97. The van der Waals surface area contributed by atoms with Gasteiger partial charge in [0.2, 0.25) is 0 Å². The third-order valence-corrected chi connectivity index (χ3v) is 4.34. The number of hydrogen-bond donors (Lipinski definition) is 1. The summed E-state index contributed by atoms with van der Waals surface area (Å²) in [7, 11) is 1.27. The summed E-state index contributed by atoms with van der Waals surface area (Å²) >= 11 is 0. The number of hydrogen-bond acceptors (Lipinski definition) is 6. The Hall–Kier alpha value is -2.77. The number of ether oxygens (including phenoxy) is 2. The molecule has 3 rings (SSSR count). The van der Waals surface area contributed by atoms with Gasteiger partial charge in [0.1, 0.15) is 6.10 Å². The zero-order chi connectivity index (χ0) is 18.5. The predicted octanol–water partition coefficient (Wildman–Crippen LogP) is 1.44. The van der Waals surface area contributed by atoms with Gasteiger partial charge in [-0.1, -0.05) is 30.3 Å². The Morgan fingerprint density at radius 2 is 2.00 bits per heavy atom. The quantitative estimate of drug-likeness (QED) is 0.834. The third-order valence-electron chi connectivity index (χ3n) is 4.34. The van der Waals surface area contributed by atoms with Crippen molar-refractivity contribution >= 4 is 11.9 Å². The van der Waals surface area contributed by atoms with E-state index in [-0.39, 0.29) is 23.6 Å². The summed E-state index contributed by atoms with van der Waals surface area (Å²) in [4.78, 5) is 30.4. The number of rotatable bonds is 4. The van der Waals surface area contributed by atoms with Crippen LogP contribution in [0.2, 0.25) is 0 Å².